The number of aryl methyl sites for hydroxylation is 1. The normalized spacial score (nSPS) is 12.7. The maximum absolute atomic E-state index is 11.9. The number of carbonyl (C=O) groups is 1. The fourth-order valence-electron chi connectivity index (χ4n) is 4.57. The number of hydrogen-bond donors (Lipinski definition) is 1. The monoisotopic (exact) mass is 520 g/mol. The van der Waals surface area contributed by atoms with Crippen molar-refractivity contribution in [1.82, 2.24) is 14.1 Å². The lowest BCUT2D eigenvalue weighted by molar-refractivity contribution is 0.0736. The first kappa shape index (κ1) is 26.4. The molecule has 0 aliphatic carbocycles. The van der Waals surface area contributed by atoms with Crippen LogP contribution in [-0.2, 0) is 16.2 Å². The number of hydrogen-bond acceptors (Lipinski definition) is 6. The molecule has 0 amide bonds. The van der Waals surface area contributed by atoms with E-state index in [4.69, 9.17) is 19.2 Å². The van der Waals surface area contributed by atoms with Crippen LogP contribution in [0.1, 0.15) is 28.6 Å². The highest BCUT2D eigenvalue weighted by Gasteiger charge is 2.29. The number of methoxy groups -OCH3 is 2. The summed E-state index contributed by atoms with van der Waals surface area (Å²) in [6, 6.07) is 12.1. The number of rotatable bonds is 9. The van der Waals surface area contributed by atoms with Crippen LogP contribution < -0.4 is 4.74 Å². The van der Waals surface area contributed by atoms with Crippen molar-refractivity contribution in [2.45, 2.75) is 45.4 Å². The Morgan fingerprint density at radius 1 is 1.22 bits per heavy atom. The van der Waals surface area contributed by atoms with Crippen LogP contribution in [0.3, 0.4) is 0 Å². The van der Waals surface area contributed by atoms with E-state index in [1.54, 1.807) is 32.4 Å². The summed E-state index contributed by atoms with van der Waals surface area (Å²) in [5, 5.41) is 19.9. The van der Waals surface area contributed by atoms with Crippen LogP contribution in [0, 0.1) is 18.3 Å². The second-order valence-corrected chi connectivity index (χ2v) is 15.8. The molecule has 0 bridgehead atoms. The molecule has 10 heteroatoms. The average Bonchev–Trinajstić information content (AvgIpc) is 3.45. The topological polar surface area (TPSA) is 112 Å². The van der Waals surface area contributed by atoms with E-state index >= 15 is 0 Å². The molecule has 0 saturated heterocycles. The van der Waals surface area contributed by atoms with Gasteiger partial charge >= 0.3 is 6.09 Å². The number of nitriles is 1. The number of imidazole rings is 1. The van der Waals surface area contributed by atoms with Crippen LogP contribution in [0.2, 0.25) is 25.7 Å². The quantitative estimate of drug-likeness (QED) is 0.221. The summed E-state index contributed by atoms with van der Waals surface area (Å²) in [5.41, 5.74) is 3.96. The predicted octanol–water partition coefficient (Wildman–Crippen LogP) is 5.75. The molecule has 2 aromatic heterocycles. The van der Waals surface area contributed by atoms with Gasteiger partial charge in [0.1, 0.15) is 24.4 Å². The molecule has 1 unspecified atom stereocenters. The summed E-state index contributed by atoms with van der Waals surface area (Å²) < 4.78 is 21.0. The summed E-state index contributed by atoms with van der Waals surface area (Å²) in [6.45, 7) is 9.64. The molecular formula is C27H32N4O5Si. The fraction of sp³-hybridized carbons (Fsp3) is 0.370. The SMILES string of the molecule is COc1cc(C)c2c(ccn2C(=O)O)c1C(OC)c1nc2cc(C#N)ccc2n1COCC[Si](C)(C)C. The zero-order valence-electron chi connectivity index (χ0n) is 22.0. The maximum atomic E-state index is 11.9. The Morgan fingerprint density at radius 2 is 1.97 bits per heavy atom. The van der Waals surface area contributed by atoms with E-state index in [9.17, 15) is 15.2 Å². The lowest BCUT2D eigenvalue weighted by Gasteiger charge is -2.22. The third-order valence-corrected chi connectivity index (χ3v) is 8.15. The zero-order valence-corrected chi connectivity index (χ0v) is 23.0. The van der Waals surface area contributed by atoms with Gasteiger partial charge in [0.25, 0.3) is 0 Å². The van der Waals surface area contributed by atoms with Crippen molar-refractivity contribution in [2.75, 3.05) is 20.8 Å². The van der Waals surface area contributed by atoms with E-state index in [2.05, 4.69) is 25.7 Å². The molecule has 1 atom stereocenters. The molecule has 9 nitrogen and oxygen atoms in total. The summed E-state index contributed by atoms with van der Waals surface area (Å²) in [5.74, 6) is 1.14. The summed E-state index contributed by atoms with van der Waals surface area (Å²) >= 11 is 0. The van der Waals surface area contributed by atoms with E-state index in [0.29, 0.717) is 45.7 Å². The average molecular weight is 521 g/mol. The molecule has 0 saturated carbocycles. The van der Waals surface area contributed by atoms with Gasteiger partial charge in [0.05, 0.1) is 35.3 Å². The smallest absolute Gasteiger partial charge is 0.416 e. The van der Waals surface area contributed by atoms with Crippen molar-refractivity contribution in [2.24, 2.45) is 0 Å². The van der Waals surface area contributed by atoms with Gasteiger partial charge in [-0.3, -0.25) is 4.57 Å². The first-order valence-electron chi connectivity index (χ1n) is 12.0. The van der Waals surface area contributed by atoms with Gasteiger partial charge in [0, 0.05) is 38.9 Å². The molecule has 4 rings (SSSR count). The zero-order chi connectivity index (χ0) is 26.9. The van der Waals surface area contributed by atoms with Crippen LogP contribution in [0.5, 0.6) is 5.75 Å². The Hall–Kier alpha value is -3.65. The van der Waals surface area contributed by atoms with Crippen LogP contribution in [0.25, 0.3) is 21.9 Å². The first-order valence-corrected chi connectivity index (χ1v) is 15.7. The molecule has 4 aromatic rings. The van der Waals surface area contributed by atoms with E-state index in [0.717, 1.165) is 17.1 Å². The number of ether oxygens (including phenoxy) is 3. The standard InChI is InChI=1S/C27H32N4O5Si/c1-17-13-22(34-2)23(19-9-10-30(24(17)19)27(32)33)25(35-3)26-29-20-14-18(15-28)7-8-21(20)31(26)16-36-11-12-37(4,5)6/h7-10,13-14,25H,11-12,16H2,1-6H3,(H,32,33). The fourth-order valence-corrected chi connectivity index (χ4v) is 5.32. The largest absolute Gasteiger partial charge is 0.496 e. The van der Waals surface area contributed by atoms with Crippen LogP contribution in [0.4, 0.5) is 4.79 Å². The number of carboxylic acid groups (broad SMARTS) is 1. The summed E-state index contributed by atoms with van der Waals surface area (Å²) in [4.78, 5) is 16.8. The molecule has 194 valence electrons. The highest BCUT2D eigenvalue weighted by molar-refractivity contribution is 6.76. The molecule has 0 aliphatic heterocycles. The molecule has 0 fully saturated rings. The Kier molecular flexibility index (Phi) is 7.41. The summed E-state index contributed by atoms with van der Waals surface area (Å²) in [7, 11) is 1.89. The molecule has 0 radical (unpaired) electrons. The van der Waals surface area contributed by atoms with Crippen molar-refractivity contribution in [3.63, 3.8) is 0 Å². The van der Waals surface area contributed by atoms with E-state index in [1.807, 2.05) is 23.6 Å². The second kappa shape index (κ2) is 10.4. The number of aromatic nitrogens is 3. The lowest BCUT2D eigenvalue weighted by atomic mass is 9.99. The van der Waals surface area contributed by atoms with Gasteiger partial charge in [-0.15, -0.1) is 0 Å². The minimum absolute atomic E-state index is 0.259. The van der Waals surface area contributed by atoms with Gasteiger partial charge < -0.3 is 23.9 Å². The minimum Gasteiger partial charge on any atom is -0.496 e. The predicted molar refractivity (Wildman–Crippen MR) is 144 cm³/mol. The molecule has 0 aliphatic rings. The Bertz CT molecular complexity index is 1510. The number of nitrogens with zero attached hydrogens (tertiary/aromatic N) is 4. The molecule has 2 aromatic carbocycles. The van der Waals surface area contributed by atoms with Crippen molar-refractivity contribution in [1.29, 1.82) is 5.26 Å². The van der Waals surface area contributed by atoms with Crippen molar-refractivity contribution in [3.8, 4) is 11.8 Å². The summed E-state index contributed by atoms with van der Waals surface area (Å²) in [6.07, 6.45) is -0.242. The Balaban J connectivity index is 1.90. The second-order valence-electron chi connectivity index (χ2n) is 10.2. The van der Waals surface area contributed by atoms with Crippen LogP contribution in [-0.4, -0.2) is 54.2 Å². The highest BCUT2D eigenvalue weighted by Crippen LogP contribution is 2.41. The Labute approximate surface area is 216 Å². The number of benzene rings is 2. The van der Waals surface area contributed by atoms with Gasteiger partial charge in [0.15, 0.2) is 0 Å². The van der Waals surface area contributed by atoms with Crippen molar-refractivity contribution < 1.29 is 24.1 Å². The van der Waals surface area contributed by atoms with E-state index < -0.39 is 20.3 Å². The molecule has 0 spiro atoms. The van der Waals surface area contributed by atoms with Gasteiger partial charge in [0.2, 0.25) is 0 Å². The van der Waals surface area contributed by atoms with Gasteiger partial charge in [-0.2, -0.15) is 5.26 Å². The van der Waals surface area contributed by atoms with E-state index in [1.165, 1.54) is 10.8 Å². The Morgan fingerprint density at radius 3 is 2.59 bits per heavy atom. The number of fused-ring (bicyclic) bond motifs is 2. The van der Waals surface area contributed by atoms with Crippen LogP contribution >= 0.6 is 0 Å². The first-order chi connectivity index (χ1) is 17.6. The van der Waals surface area contributed by atoms with Crippen LogP contribution in [0.15, 0.2) is 36.5 Å². The van der Waals surface area contributed by atoms with Gasteiger partial charge in [-0.25, -0.2) is 9.78 Å². The van der Waals surface area contributed by atoms with Gasteiger partial charge in [-0.05, 0) is 48.9 Å². The molecule has 2 heterocycles. The van der Waals surface area contributed by atoms with Crippen molar-refractivity contribution >= 4 is 36.1 Å². The third-order valence-electron chi connectivity index (χ3n) is 6.45. The molecule has 37 heavy (non-hydrogen) atoms. The van der Waals surface area contributed by atoms with Gasteiger partial charge in [-0.1, -0.05) is 19.6 Å². The lowest BCUT2D eigenvalue weighted by Crippen LogP contribution is -2.22. The van der Waals surface area contributed by atoms with Crippen molar-refractivity contribution in [3.05, 3.63) is 59.0 Å². The molecular weight excluding hydrogens is 488 g/mol. The molecule has 1 N–H and O–H groups in total. The maximum Gasteiger partial charge on any atom is 0.416 e. The highest BCUT2D eigenvalue weighted by atomic mass is 28.3. The minimum atomic E-state index is -1.27. The third kappa shape index (κ3) is 5.11. The van der Waals surface area contributed by atoms with E-state index in [-0.39, 0.29) is 6.73 Å².